The van der Waals surface area contributed by atoms with Crippen LogP contribution in [0.15, 0.2) is 0 Å². The summed E-state index contributed by atoms with van der Waals surface area (Å²) in [4.78, 5) is 0. The molecule has 8 N–H and O–H groups in total. The average molecular weight is 707 g/mol. The Bertz CT molecular complexity index is 243. The molecule has 0 amide bonds. The molecule has 0 aromatic heterocycles. The largest absolute Gasteiger partial charge is 0.397 e. The molecule has 0 aliphatic carbocycles. The lowest BCUT2D eigenvalue weighted by Gasteiger charge is -2.10. The van der Waals surface area contributed by atoms with Crippen LogP contribution in [0.1, 0.15) is 152 Å². The smallest absolute Gasteiger partial charge is 0.146 e. The summed E-state index contributed by atoms with van der Waals surface area (Å²) in [6.45, 7) is 9.96. The molecule has 3 unspecified atom stereocenters. The van der Waals surface area contributed by atoms with Crippen LogP contribution in [0.2, 0.25) is 0 Å². The van der Waals surface area contributed by atoms with E-state index < -0.39 is 18.3 Å². The van der Waals surface area contributed by atoms with Gasteiger partial charge in [0.25, 0.3) is 0 Å². The lowest BCUT2D eigenvalue weighted by Crippen LogP contribution is -2.21. The van der Waals surface area contributed by atoms with Crippen LogP contribution in [0.25, 0.3) is 0 Å². The summed E-state index contributed by atoms with van der Waals surface area (Å²) in [6.07, 6.45) is -1.25. The Morgan fingerprint density at radius 1 is 0.500 bits per heavy atom. The molecule has 46 heavy (non-hydrogen) atoms. The van der Waals surface area contributed by atoms with Gasteiger partial charge in [0.2, 0.25) is 0 Å². The summed E-state index contributed by atoms with van der Waals surface area (Å²) in [6, 6.07) is 0. The van der Waals surface area contributed by atoms with Crippen molar-refractivity contribution >= 4 is 0 Å². The summed E-state index contributed by atoms with van der Waals surface area (Å²) in [5.41, 5.74) is 0. The Hall–Kier alpha value is -0.440. The number of aliphatic hydroxyl groups is 8. The molecule has 0 heterocycles. The molecule has 0 aromatic rings. The lowest BCUT2D eigenvalue weighted by atomic mass is 10.2. The lowest BCUT2D eigenvalue weighted by molar-refractivity contribution is -0.102. The quantitative estimate of drug-likeness (QED) is 0.0720. The Morgan fingerprint density at radius 2 is 0.761 bits per heavy atom. The van der Waals surface area contributed by atoms with Crippen LogP contribution in [-0.2, 0) is 14.2 Å². The van der Waals surface area contributed by atoms with Crippen molar-refractivity contribution in [3.8, 4) is 0 Å². The summed E-state index contributed by atoms with van der Waals surface area (Å²) in [5.74, 6) is 0.440. The van der Waals surface area contributed by atoms with E-state index in [1.807, 2.05) is 20.8 Å². The fourth-order valence-corrected chi connectivity index (χ4v) is 0.689. The highest BCUT2D eigenvalue weighted by Gasteiger charge is 2.02. The van der Waals surface area contributed by atoms with Crippen molar-refractivity contribution in [2.24, 2.45) is 5.92 Å². The molecule has 0 aliphatic heterocycles. The Labute approximate surface area is 298 Å². The maximum atomic E-state index is 9.04. The van der Waals surface area contributed by atoms with Crippen LogP contribution in [0.5, 0.6) is 0 Å². The third kappa shape index (κ3) is 256. The molecule has 0 aliphatic rings. The zero-order valence-corrected chi connectivity index (χ0v) is 20.2. The van der Waals surface area contributed by atoms with Crippen molar-refractivity contribution in [1.29, 1.82) is 0 Å². The van der Waals surface area contributed by atoms with Crippen molar-refractivity contribution in [3.63, 3.8) is 0 Å². The molecule has 316 valence electrons. The maximum absolute atomic E-state index is 9.04. The van der Waals surface area contributed by atoms with Gasteiger partial charge in [0.15, 0.2) is 0 Å². The first-order chi connectivity index (χ1) is 14.6. The second-order valence-electron chi connectivity index (χ2n) is 6.40. The molecular formula is C35H110O11. The van der Waals surface area contributed by atoms with Crippen LogP contribution in [-0.4, -0.2) is 126 Å². The van der Waals surface area contributed by atoms with Gasteiger partial charge in [-0.25, -0.2) is 0 Å². The summed E-state index contributed by atoms with van der Waals surface area (Å²) in [5, 5.41) is 65.9. The summed E-state index contributed by atoms with van der Waals surface area (Å²) < 4.78 is 14.2. The first-order valence-electron chi connectivity index (χ1n) is 10.3. The molecule has 0 fully saturated rings. The number of ether oxygens (including phenoxy) is 3. The second-order valence-corrected chi connectivity index (χ2v) is 6.40. The van der Waals surface area contributed by atoms with Gasteiger partial charge in [0, 0.05) is 20.3 Å². The van der Waals surface area contributed by atoms with E-state index in [0.717, 1.165) is 0 Å². The van der Waals surface area contributed by atoms with Gasteiger partial charge >= 0.3 is 0 Å². The van der Waals surface area contributed by atoms with Crippen molar-refractivity contribution in [3.05, 3.63) is 0 Å². The van der Waals surface area contributed by atoms with E-state index in [4.69, 9.17) is 50.3 Å². The van der Waals surface area contributed by atoms with E-state index in [0.29, 0.717) is 25.6 Å². The van der Waals surface area contributed by atoms with Gasteiger partial charge in [-0.05, 0) is 26.2 Å². The van der Waals surface area contributed by atoms with E-state index in [-0.39, 0.29) is 158 Å². The molecule has 0 spiro atoms. The predicted molar refractivity (Wildman–Crippen MR) is 220 cm³/mol. The van der Waals surface area contributed by atoms with Crippen LogP contribution in [0, 0.1) is 5.92 Å². The molecule has 0 saturated heterocycles. The first kappa shape index (κ1) is 138. The maximum Gasteiger partial charge on any atom is 0.146 e. The van der Waals surface area contributed by atoms with Gasteiger partial charge in [-0.3, -0.25) is 0 Å². The van der Waals surface area contributed by atoms with E-state index in [1.54, 1.807) is 14.0 Å². The minimum absolute atomic E-state index is 0. The third-order valence-corrected chi connectivity index (χ3v) is 2.39. The molecule has 0 bridgehead atoms. The first-order valence-corrected chi connectivity index (χ1v) is 10.3. The van der Waals surface area contributed by atoms with Crippen LogP contribution < -0.4 is 0 Å². The molecule has 0 aromatic carbocycles. The Balaban J connectivity index is -0.0000000102. The fourth-order valence-electron chi connectivity index (χ4n) is 0.689. The van der Waals surface area contributed by atoms with Gasteiger partial charge in [0.1, 0.15) is 12.9 Å². The van der Waals surface area contributed by atoms with Crippen molar-refractivity contribution in [2.45, 2.75) is 171 Å². The Kier molecular flexibility index (Phi) is 422. The van der Waals surface area contributed by atoms with Crippen LogP contribution >= 0.6 is 0 Å². The highest BCUT2D eigenvalue weighted by atomic mass is 16.7. The zero-order valence-electron chi connectivity index (χ0n) is 20.2. The van der Waals surface area contributed by atoms with Gasteiger partial charge in [-0.15, -0.1) is 0 Å². The van der Waals surface area contributed by atoms with E-state index in [1.165, 1.54) is 6.92 Å². The van der Waals surface area contributed by atoms with Gasteiger partial charge < -0.3 is 55.1 Å². The summed E-state index contributed by atoms with van der Waals surface area (Å²) in [7, 11) is 1.55. The van der Waals surface area contributed by atoms with Crippen molar-refractivity contribution in [2.75, 3.05) is 66.8 Å². The van der Waals surface area contributed by atoms with Gasteiger partial charge in [-0.1, -0.05) is 132 Å². The average Bonchev–Trinajstić information content (AvgIpc) is 2.75. The standard InChI is InChI=1S/C8H18O5.C4H10O.2C3H8O2.C2H6O.15CH4/c1-2-7(10)4-12-6-13-5-8(11)3-9;1-4(2)3-5;1-5-3-2-4;1-3(5)2-4;1-2-3;;;;;;;;;;;;;;;/h7-11H,2-6H2,1H3;4-5H,3H2,1-2H3;4H,2-3H2,1H3;3-5H,2H2,1H3;3H,2H2,1H3;15*1H4. The normalized spacial score (nSPS) is 8.41. The number of hydrogen-bond donors (Lipinski definition) is 8. The highest BCUT2D eigenvalue weighted by Crippen LogP contribution is 1.91. The number of rotatable bonds is 12. The monoisotopic (exact) mass is 707 g/mol. The van der Waals surface area contributed by atoms with E-state index in [2.05, 4.69) is 4.74 Å². The molecule has 3 atom stereocenters. The fraction of sp³-hybridized carbons (Fsp3) is 1.00. The van der Waals surface area contributed by atoms with Crippen molar-refractivity contribution < 1.29 is 55.1 Å². The van der Waals surface area contributed by atoms with Crippen molar-refractivity contribution in [1.82, 2.24) is 0 Å². The topological polar surface area (TPSA) is 190 Å². The van der Waals surface area contributed by atoms with Gasteiger partial charge in [-0.2, -0.15) is 0 Å². The minimum Gasteiger partial charge on any atom is -0.397 e. The Morgan fingerprint density at radius 3 is 0.891 bits per heavy atom. The van der Waals surface area contributed by atoms with Crippen LogP contribution in [0.3, 0.4) is 0 Å². The SMILES string of the molecule is C.C.C.C.C.C.C.C.C.C.C.C.C.C.C.CC(C)CO.CC(O)CO.CCC(O)COCOCC(O)CO.CCO.COCCO. The zero-order chi connectivity index (χ0) is 25.5. The minimum atomic E-state index is -0.861. The third-order valence-electron chi connectivity index (χ3n) is 2.39. The van der Waals surface area contributed by atoms with E-state index >= 15 is 0 Å². The molecular weight excluding hydrogens is 596 g/mol. The van der Waals surface area contributed by atoms with Gasteiger partial charge in [0.05, 0.1) is 51.8 Å². The van der Waals surface area contributed by atoms with E-state index in [9.17, 15) is 0 Å². The number of methoxy groups -OCH3 is 1. The molecule has 0 rings (SSSR count). The highest BCUT2D eigenvalue weighted by molar-refractivity contribution is 4.48. The second kappa shape index (κ2) is 140. The summed E-state index contributed by atoms with van der Waals surface area (Å²) >= 11 is 0. The number of hydrogen-bond acceptors (Lipinski definition) is 11. The number of aliphatic hydroxyl groups excluding tert-OH is 8. The predicted octanol–water partition coefficient (Wildman–Crippen LogP) is 8.26. The molecule has 0 saturated carbocycles. The molecule has 0 radical (unpaired) electrons. The molecule has 11 nitrogen and oxygen atoms in total. The van der Waals surface area contributed by atoms with Crippen LogP contribution in [0.4, 0.5) is 0 Å². The molecule has 11 heteroatoms.